The first kappa shape index (κ1) is 10.9. The number of anilines is 1. The Labute approximate surface area is 106 Å². The van der Waals surface area contributed by atoms with Crippen LogP contribution in [0.25, 0.3) is 11.2 Å². The van der Waals surface area contributed by atoms with E-state index in [-0.39, 0.29) is 30.3 Å². The number of hydrogen-bond acceptors (Lipinski definition) is 7. The molecule has 0 amide bonds. The predicted octanol–water partition coefficient (Wildman–Crippen LogP) is -1.64. The van der Waals surface area contributed by atoms with E-state index in [0.717, 1.165) is 0 Å². The summed E-state index contributed by atoms with van der Waals surface area (Å²) in [4.78, 5) is 22.5. The normalized spacial score (nSPS) is 32.7. The van der Waals surface area contributed by atoms with E-state index >= 15 is 0 Å². The fourth-order valence-corrected chi connectivity index (χ4v) is 2.54. The molecular weight excluding hydrogens is 254 g/mol. The standard InChI is InChI=1S/C10H11N5O4/c11-7-4-8(13-2-12-7)15(10(17)14-4)9-6-5(19-6)3(1-16)18-9/h2-3,5-6,9,16H,1H2,(H,14,17)(H2,11,12,13)/t3-,5-,6+,9-/m0/s1. The summed E-state index contributed by atoms with van der Waals surface area (Å²) >= 11 is 0. The van der Waals surface area contributed by atoms with Crippen molar-refractivity contribution in [2.75, 3.05) is 12.3 Å². The molecule has 100 valence electrons. The number of aliphatic hydroxyl groups is 1. The fourth-order valence-electron chi connectivity index (χ4n) is 2.54. The number of nitrogen functional groups attached to an aromatic ring is 1. The summed E-state index contributed by atoms with van der Waals surface area (Å²) in [6.45, 7) is -0.147. The van der Waals surface area contributed by atoms with Crippen molar-refractivity contribution in [3.05, 3.63) is 16.8 Å². The Kier molecular flexibility index (Phi) is 2.03. The van der Waals surface area contributed by atoms with Gasteiger partial charge in [0.25, 0.3) is 0 Å². The van der Waals surface area contributed by atoms with Crippen molar-refractivity contribution in [1.29, 1.82) is 0 Å². The van der Waals surface area contributed by atoms with Crippen LogP contribution in [-0.4, -0.2) is 49.5 Å². The van der Waals surface area contributed by atoms with Gasteiger partial charge in [-0.2, -0.15) is 0 Å². The number of epoxide rings is 1. The van der Waals surface area contributed by atoms with Gasteiger partial charge in [0.15, 0.2) is 17.7 Å². The Morgan fingerprint density at radius 2 is 2.26 bits per heavy atom. The lowest BCUT2D eigenvalue weighted by Crippen LogP contribution is -2.28. The highest BCUT2D eigenvalue weighted by molar-refractivity contribution is 5.81. The van der Waals surface area contributed by atoms with E-state index in [1.165, 1.54) is 10.9 Å². The van der Waals surface area contributed by atoms with Crippen LogP contribution in [0, 0.1) is 0 Å². The zero-order valence-corrected chi connectivity index (χ0v) is 9.68. The number of ether oxygens (including phenoxy) is 2. The highest BCUT2D eigenvalue weighted by atomic mass is 16.7. The molecule has 4 N–H and O–H groups in total. The van der Waals surface area contributed by atoms with Crippen LogP contribution in [-0.2, 0) is 9.47 Å². The maximum Gasteiger partial charge on any atom is 0.330 e. The number of aromatic amines is 1. The van der Waals surface area contributed by atoms with Gasteiger partial charge in [0.2, 0.25) is 0 Å². The van der Waals surface area contributed by atoms with Crippen molar-refractivity contribution in [2.24, 2.45) is 0 Å². The monoisotopic (exact) mass is 265 g/mol. The second kappa shape index (κ2) is 3.53. The molecule has 2 fully saturated rings. The SMILES string of the molecule is Nc1ncnc2c1[nH]c(=O)n2[C@H]1O[C@@H](CO)[C@@H]2O[C@H]21. The molecule has 4 rings (SSSR count). The van der Waals surface area contributed by atoms with Crippen molar-refractivity contribution < 1.29 is 14.6 Å². The van der Waals surface area contributed by atoms with Gasteiger partial charge >= 0.3 is 5.69 Å². The lowest BCUT2D eigenvalue weighted by Gasteiger charge is -2.16. The van der Waals surface area contributed by atoms with Crippen LogP contribution in [0.1, 0.15) is 6.23 Å². The van der Waals surface area contributed by atoms with Gasteiger partial charge < -0.3 is 25.3 Å². The van der Waals surface area contributed by atoms with E-state index in [0.29, 0.717) is 11.2 Å². The maximum absolute atomic E-state index is 12.0. The van der Waals surface area contributed by atoms with Crippen LogP contribution in [0.3, 0.4) is 0 Å². The molecule has 19 heavy (non-hydrogen) atoms. The quantitative estimate of drug-likeness (QED) is 0.555. The highest BCUT2D eigenvalue weighted by Crippen LogP contribution is 2.44. The van der Waals surface area contributed by atoms with Gasteiger partial charge in [-0.05, 0) is 0 Å². The maximum atomic E-state index is 12.0. The summed E-state index contributed by atoms with van der Waals surface area (Å²) in [6, 6.07) is 0. The minimum absolute atomic E-state index is 0.147. The number of hydrogen-bond donors (Lipinski definition) is 3. The number of rotatable bonds is 2. The fraction of sp³-hybridized carbons (Fsp3) is 0.500. The number of aromatic nitrogens is 4. The molecule has 4 heterocycles. The van der Waals surface area contributed by atoms with Crippen LogP contribution in [0.5, 0.6) is 0 Å². The Hall–Kier alpha value is -1.97. The van der Waals surface area contributed by atoms with E-state index < -0.39 is 12.3 Å². The minimum Gasteiger partial charge on any atom is -0.394 e. The molecule has 4 atom stereocenters. The molecule has 2 aliphatic heterocycles. The molecule has 0 saturated carbocycles. The molecule has 0 unspecified atom stereocenters. The van der Waals surface area contributed by atoms with E-state index in [1.54, 1.807) is 0 Å². The molecule has 0 aromatic carbocycles. The predicted molar refractivity (Wildman–Crippen MR) is 62.2 cm³/mol. The van der Waals surface area contributed by atoms with Crippen LogP contribution in [0.15, 0.2) is 11.1 Å². The van der Waals surface area contributed by atoms with E-state index in [2.05, 4.69) is 15.0 Å². The van der Waals surface area contributed by atoms with Crippen LogP contribution in [0.4, 0.5) is 5.82 Å². The summed E-state index contributed by atoms with van der Waals surface area (Å²) in [5, 5.41) is 9.16. The van der Waals surface area contributed by atoms with Gasteiger partial charge in [0.05, 0.1) is 6.61 Å². The Balaban J connectivity index is 1.86. The third kappa shape index (κ3) is 1.37. The lowest BCUT2D eigenvalue weighted by molar-refractivity contribution is -0.0835. The molecule has 2 saturated heterocycles. The third-order valence-corrected chi connectivity index (χ3v) is 3.49. The number of nitrogens with zero attached hydrogens (tertiary/aromatic N) is 3. The third-order valence-electron chi connectivity index (χ3n) is 3.49. The summed E-state index contributed by atoms with van der Waals surface area (Å²) < 4.78 is 12.4. The van der Waals surface area contributed by atoms with Crippen LogP contribution < -0.4 is 11.4 Å². The zero-order valence-electron chi connectivity index (χ0n) is 9.68. The molecule has 0 bridgehead atoms. The first-order valence-electron chi connectivity index (χ1n) is 5.83. The Morgan fingerprint density at radius 3 is 3.00 bits per heavy atom. The second-order valence-corrected chi connectivity index (χ2v) is 4.57. The van der Waals surface area contributed by atoms with Gasteiger partial charge in [0, 0.05) is 0 Å². The van der Waals surface area contributed by atoms with Crippen LogP contribution >= 0.6 is 0 Å². The largest absolute Gasteiger partial charge is 0.394 e. The Bertz CT molecular complexity index is 709. The van der Waals surface area contributed by atoms with E-state index in [4.69, 9.17) is 20.3 Å². The topological polar surface area (TPSA) is 132 Å². The van der Waals surface area contributed by atoms with Gasteiger partial charge in [-0.25, -0.2) is 19.3 Å². The average molecular weight is 265 g/mol. The first-order valence-corrected chi connectivity index (χ1v) is 5.83. The van der Waals surface area contributed by atoms with Gasteiger partial charge in [0.1, 0.15) is 30.2 Å². The van der Waals surface area contributed by atoms with Gasteiger partial charge in [-0.1, -0.05) is 0 Å². The molecule has 0 radical (unpaired) electrons. The Morgan fingerprint density at radius 1 is 1.42 bits per heavy atom. The van der Waals surface area contributed by atoms with Gasteiger partial charge in [-0.3, -0.25) is 0 Å². The van der Waals surface area contributed by atoms with Crippen molar-refractivity contribution in [3.8, 4) is 0 Å². The summed E-state index contributed by atoms with van der Waals surface area (Å²) in [5.41, 5.74) is 6.05. The molecule has 9 nitrogen and oxygen atoms in total. The second-order valence-electron chi connectivity index (χ2n) is 4.57. The van der Waals surface area contributed by atoms with Crippen molar-refractivity contribution >= 4 is 17.0 Å². The number of nitrogens with one attached hydrogen (secondary N) is 1. The van der Waals surface area contributed by atoms with Crippen molar-refractivity contribution in [1.82, 2.24) is 19.5 Å². The molecule has 0 spiro atoms. The summed E-state index contributed by atoms with van der Waals surface area (Å²) in [7, 11) is 0. The average Bonchev–Trinajstić information content (AvgIpc) is 3.00. The number of nitrogens with two attached hydrogens (primary N) is 1. The number of fused-ring (bicyclic) bond motifs is 2. The molecule has 9 heteroatoms. The van der Waals surface area contributed by atoms with E-state index in [1.807, 2.05) is 0 Å². The number of H-pyrrole nitrogens is 1. The molecule has 2 aromatic rings. The number of imidazole rings is 1. The number of aliphatic hydroxyl groups excluding tert-OH is 1. The first-order chi connectivity index (χ1) is 9.20. The summed E-state index contributed by atoms with van der Waals surface area (Å²) in [6.07, 6.45) is -0.120. The minimum atomic E-state index is -0.599. The highest BCUT2D eigenvalue weighted by Gasteiger charge is 2.59. The molecular formula is C10H11N5O4. The van der Waals surface area contributed by atoms with Crippen molar-refractivity contribution in [3.63, 3.8) is 0 Å². The zero-order chi connectivity index (χ0) is 13.1. The van der Waals surface area contributed by atoms with Crippen molar-refractivity contribution in [2.45, 2.75) is 24.5 Å². The van der Waals surface area contributed by atoms with Gasteiger partial charge in [-0.15, -0.1) is 0 Å². The summed E-state index contributed by atoms with van der Waals surface area (Å²) in [5.74, 6) is 0.200. The smallest absolute Gasteiger partial charge is 0.330 e. The van der Waals surface area contributed by atoms with Crippen LogP contribution in [0.2, 0.25) is 0 Å². The molecule has 2 aromatic heterocycles. The van der Waals surface area contributed by atoms with E-state index in [9.17, 15) is 4.79 Å². The molecule has 2 aliphatic rings. The molecule has 0 aliphatic carbocycles. The lowest BCUT2D eigenvalue weighted by atomic mass is 10.2.